The fourth-order valence-corrected chi connectivity index (χ4v) is 3.66. The van der Waals surface area contributed by atoms with E-state index in [0.29, 0.717) is 25.4 Å². The molecule has 1 N–H and O–H groups in total. The zero-order valence-electron chi connectivity index (χ0n) is 15.5. The minimum atomic E-state index is 0.0152. The summed E-state index contributed by atoms with van der Waals surface area (Å²) in [5.41, 5.74) is 3.71. The van der Waals surface area contributed by atoms with Crippen molar-refractivity contribution in [2.24, 2.45) is 0 Å². The van der Waals surface area contributed by atoms with Gasteiger partial charge in [-0.1, -0.05) is 30.3 Å². The monoisotopic (exact) mass is 364 g/mol. The minimum absolute atomic E-state index is 0.0152. The standard InChI is InChI=1S/C20H24N6O/c1-25-11-7-16(14-25)18-19-20(23-9-8-22-19)26(24-18)12-10-21-17(27)13-15-5-3-2-4-6-15/h2-6,8-9,16H,7,10-14H2,1H3,(H,21,27). The number of carbonyl (C=O) groups excluding carboxylic acids is 1. The van der Waals surface area contributed by atoms with E-state index in [4.69, 9.17) is 5.10 Å². The van der Waals surface area contributed by atoms with E-state index in [1.54, 1.807) is 12.4 Å². The summed E-state index contributed by atoms with van der Waals surface area (Å²) in [7, 11) is 2.13. The predicted octanol–water partition coefficient (Wildman–Crippen LogP) is 1.60. The molecule has 1 amide bonds. The zero-order valence-corrected chi connectivity index (χ0v) is 15.5. The molecule has 7 heteroatoms. The second kappa shape index (κ2) is 7.84. The van der Waals surface area contributed by atoms with Gasteiger partial charge in [-0.2, -0.15) is 5.10 Å². The van der Waals surface area contributed by atoms with Crippen LogP contribution < -0.4 is 5.32 Å². The second-order valence-corrected chi connectivity index (χ2v) is 7.10. The lowest BCUT2D eigenvalue weighted by atomic mass is 10.0. The molecule has 140 valence electrons. The lowest BCUT2D eigenvalue weighted by molar-refractivity contribution is -0.120. The lowest BCUT2D eigenvalue weighted by Crippen LogP contribution is -2.29. The maximum absolute atomic E-state index is 12.1. The van der Waals surface area contributed by atoms with Crippen LogP contribution in [0, 0.1) is 0 Å². The van der Waals surface area contributed by atoms with Crippen molar-refractivity contribution in [3.05, 3.63) is 54.0 Å². The van der Waals surface area contributed by atoms with E-state index < -0.39 is 0 Å². The summed E-state index contributed by atoms with van der Waals surface area (Å²) in [6, 6.07) is 9.76. The van der Waals surface area contributed by atoms with Crippen molar-refractivity contribution in [3.8, 4) is 0 Å². The van der Waals surface area contributed by atoms with E-state index >= 15 is 0 Å². The Kier molecular flexibility index (Phi) is 5.11. The maximum atomic E-state index is 12.1. The molecule has 0 bridgehead atoms. The molecular formula is C20H24N6O. The molecule has 4 rings (SSSR count). The molecule has 27 heavy (non-hydrogen) atoms. The first-order chi connectivity index (χ1) is 13.2. The van der Waals surface area contributed by atoms with Gasteiger partial charge in [0.1, 0.15) is 5.52 Å². The highest BCUT2D eigenvalue weighted by atomic mass is 16.1. The topological polar surface area (TPSA) is 75.9 Å². The van der Waals surface area contributed by atoms with Crippen LogP contribution in [0.25, 0.3) is 11.2 Å². The molecule has 1 aliphatic heterocycles. The minimum Gasteiger partial charge on any atom is -0.354 e. The number of likely N-dealkylation sites (N-methyl/N-ethyl adjacent to an activating group) is 1. The fourth-order valence-electron chi connectivity index (χ4n) is 3.66. The molecule has 3 heterocycles. The third kappa shape index (κ3) is 3.98. The summed E-state index contributed by atoms with van der Waals surface area (Å²) in [6.07, 6.45) is 4.89. The average molecular weight is 364 g/mol. The van der Waals surface area contributed by atoms with E-state index in [9.17, 15) is 4.79 Å². The molecule has 1 saturated heterocycles. The number of hydrogen-bond acceptors (Lipinski definition) is 5. The van der Waals surface area contributed by atoms with E-state index in [-0.39, 0.29) is 5.91 Å². The molecule has 1 fully saturated rings. The van der Waals surface area contributed by atoms with E-state index in [0.717, 1.165) is 41.9 Å². The fraction of sp³-hybridized carbons (Fsp3) is 0.400. The Morgan fingerprint density at radius 3 is 2.81 bits per heavy atom. The third-order valence-electron chi connectivity index (χ3n) is 5.03. The summed E-state index contributed by atoms with van der Waals surface area (Å²) in [5.74, 6) is 0.407. The van der Waals surface area contributed by atoms with Crippen LogP contribution >= 0.6 is 0 Å². The van der Waals surface area contributed by atoms with Crippen LogP contribution in [0.3, 0.4) is 0 Å². The Balaban J connectivity index is 1.42. The average Bonchev–Trinajstić information content (AvgIpc) is 3.26. The van der Waals surface area contributed by atoms with Crippen LogP contribution in [-0.2, 0) is 17.8 Å². The highest BCUT2D eigenvalue weighted by molar-refractivity contribution is 5.78. The number of rotatable bonds is 6. The number of likely N-dealkylation sites (tertiary alicyclic amines) is 1. The molecule has 1 atom stereocenters. The number of nitrogens with one attached hydrogen (secondary N) is 1. The van der Waals surface area contributed by atoms with Crippen molar-refractivity contribution < 1.29 is 4.79 Å². The van der Waals surface area contributed by atoms with Crippen molar-refractivity contribution in [2.45, 2.75) is 25.3 Å². The molecule has 0 spiro atoms. The van der Waals surface area contributed by atoms with Gasteiger partial charge in [-0.15, -0.1) is 0 Å². The van der Waals surface area contributed by atoms with Crippen LogP contribution in [0.15, 0.2) is 42.7 Å². The SMILES string of the molecule is CN1CCC(c2nn(CCNC(=O)Cc3ccccc3)c3nccnc23)C1. The Bertz CT molecular complexity index is 923. The Labute approximate surface area is 158 Å². The van der Waals surface area contributed by atoms with Gasteiger partial charge in [0.15, 0.2) is 5.65 Å². The van der Waals surface area contributed by atoms with Crippen molar-refractivity contribution in [1.29, 1.82) is 0 Å². The number of aromatic nitrogens is 4. The Hall–Kier alpha value is -2.80. The zero-order chi connectivity index (χ0) is 18.6. The van der Waals surface area contributed by atoms with Crippen molar-refractivity contribution in [3.63, 3.8) is 0 Å². The third-order valence-corrected chi connectivity index (χ3v) is 5.03. The van der Waals surface area contributed by atoms with Crippen LogP contribution in [0.4, 0.5) is 0 Å². The van der Waals surface area contributed by atoms with Gasteiger partial charge in [-0.25, -0.2) is 14.6 Å². The second-order valence-electron chi connectivity index (χ2n) is 7.10. The number of hydrogen-bond donors (Lipinski definition) is 1. The first kappa shape index (κ1) is 17.6. The number of benzene rings is 1. The molecule has 0 aliphatic carbocycles. The normalized spacial score (nSPS) is 17.4. The molecule has 1 aliphatic rings. The maximum Gasteiger partial charge on any atom is 0.224 e. The van der Waals surface area contributed by atoms with Gasteiger partial charge >= 0.3 is 0 Å². The van der Waals surface area contributed by atoms with Crippen molar-refractivity contribution in [2.75, 3.05) is 26.7 Å². The molecule has 2 aromatic heterocycles. The summed E-state index contributed by atoms with van der Waals surface area (Å²) >= 11 is 0. The summed E-state index contributed by atoms with van der Waals surface area (Å²) in [4.78, 5) is 23.4. The first-order valence-electron chi connectivity index (χ1n) is 9.37. The highest BCUT2D eigenvalue weighted by Gasteiger charge is 2.27. The van der Waals surface area contributed by atoms with Gasteiger partial charge in [-0.05, 0) is 25.6 Å². The highest BCUT2D eigenvalue weighted by Crippen LogP contribution is 2.29. The van der Waals surface area contributed by atoms with Crippen LogP contribution in [0.5, 0.6) is 0 Å². The summed E-state index contributed by atoms with van der Waals surface area (Å²) < 4.78 is 1.87. The molecular weight excluding hydrogens is 340 g/mol. The smallest absolute Gasteiger partial charge is 0.224 e. The number of nitrogens with zero attached hydrogens (tertiary/aromatic N) is 5. The first-order valence-corrected chi connectivity index (χ1v) is 9.37. The van der Waals surface area contributed by atoms with Gasteiger partial charge in [-0.3, -0.25) is 4.79 Å². The molecule has 3 aromatic rings. The molecule has 1 aromatic carbocycles. The molecule has 0 saturated carbocycles. The van der Waals surface area contributed by atoms with Gasteiger partial charge in [0.25, 0.3) is 0 Å². The predicted molar refractivity (Wildman–Crippen MR) is 103 cm³/mol. The van der Waals surface area contributed by atoms with E-state index in [1.807, 2.05) is 35.0 Å². The number of amides is 1. The Morgan fingerprint density at radius 2 is 2.04 bits per heavy atom. The lowest BCUT2D eigenvalue weighted by Gasteiger charge is -2.08. The number of fused-ring (bicyclic) bond motifs is 1. The van der Waals surface area contributed by atoms with Gasteiger partial charge in [0.2, 0.25) is 5.91 Å². The van der Waals surface area contributed by atoms with Crippen LogP contribution in [-0.4, -0.2) is 57.2 Å². The molecule has 1 unspecified atom stereocenters. The molecule has 0 radical (unpaired) electrons. The van der Waals surface area contributed by atoms with Crippen LogP contribution in [0.1, 0.15) is 23.6 Å². The van der Waals surface area contributed by atoms with E-state index in [1.165, 1.54) is 0 Å². The quantitative estimate of drug-likeness (QED) is 0.719. The van der Waals surface area contributed by atoms with Gasteiger partial charge in [0, 0.05) is 31.4 Å². The summed E-state index contributed by atoms with van der Waals surface area (Å²) in [5, 5.41) is 7.77. The largest absolute Gasteiger partial charge is 0.354 e. The van der Waals surface area contributed by atoms with Crippen LogP contribution in [0.2, 0.25) is 0 Å². The van der Waals surface area contributed by atoms with Crippen molar-refractivity contribution >= 4 is 17.1 Å². The van der Waals surface area contributed by atoms with Gasteiger partial charge in [0.05, 0.1) is 18.7 Å². The Morgan fingerprint density at radius 1 is 1.22 bits per heavy atom. The van der Waals surface area contributed by atoms with Gasteiger partial charge < -0.3 is 10.2 Å². The van der Waals surface area contributed by atoms with Crippen molar-refractivity contribution in [1.82, 2.24) is 30.0 Å². The number of carbonyl (C=O) groups is 1. The van der Waals surface area contributed by atoms with E-state index in [2.05, 4.69) is 27.2 Å². The summed E-state index contributed by atoms with van der Waals surface area (Å²) in [6.45, 7) is 3.17. The molecule has 7 nitrogen and oxygen atoms in total.